The fourth-order valence-electron chi connectivity index (χ4n) is 2.83. The van der Waals surface area contributed by atoms with Crippen molar-refractivity contribution in [1.29, 1.82) is 0 Å². The highest BCUT2D eigenvalue weighted by atomic mass is 32.1. The highest BCUT2D eigenvalue weighted by Crippen LogP contribution is 2.25. The zero-order chi connectivity index (χ0) is 16.4. The molecule has 1 unspecified atom stereocenters. The van der Waals surface area contributed by atoms with Gasteiger partial charge in [0, 0.05) is 30.2 Å². The summed E-state index contributed by atoms with van der Waals surface area (Å²) < 4.78 is 11.3. The number of aryl methyl sites for hydroxylation is 1. The average Bonchev–Trinajstić information content (AvgIpc) is 3.27. The molecule has 0 amide bonds. The summed E-state index contributed by atoms with van der Waals surface area (Å²) in [7, 11) is 0. The van der Waals surface area contributed by atoms with Crippen LogP contribution in [0.15, 0.2) is 40.4 Å². The highest BCUT2D eigenvalue weighted by molar-refractivity contribution is 7.09. The first-order valence-corrected chi connectivity index (χ1v) is 8.79. The summed E-state index contributed by atoms with van der Waals surface area (Å²) in [4.78, 5) is 11.2. The Balaban J connectivity index is 1.45. The van der Waals surface area contributed by atoms with E-state index in [2.05, 4.69) is 20.0 Å². The normalized spacial score (nSPS) is 18.8. The lowest BCUT2D eigenvalue weighted by molar-refractivity contribution is -0.0356. The number of aromatic nitrogens is 3. The number of nitrogens with zero attached hydrogens (tertiary/aromatic N) is 4. The third-order valence-corrected chi connectivity index (χ3v) is 4.96. The van der Waals surface area contributed by atoms with Crippen LogP contribution >= 0.6 is 11.3 Å². The van der Waals surface area contributed by atoms with E-state index in [4.69, 9.17) is 9.26 Å². The van der Waals surface area contributed by atoms with Gasteiger partial charge in [-0.15, -0.1) is 11.3 Å². The summed E-state index contributed by atoms with van der Waals surface area (Å²) in [6, 6.07) is 8.05. The van der Waals surface area contributed by atoms with Crippen molar-refractivity contribution >= 4 is 11.3 Å². The first-order valence-electron chi connectivity index (χ1n) is 7.91. The number of hydrogen-bond acceptors (Lipinski definition) is 7. The maximum atomic E-state index is 5.82. The van der Waals surface area contributed by atoms with Crippen molar-refractivity contribution in [2.24, 2.45) is 0 Å². The maximum Gasteiger partial charge on any atom is 0.241 e. The van der Waals surface area contributed by atoms with Crippen LogP contribution in [0.4, 0.5) is 0 Å². The Morgan fingerprint density at radius 3 is 3.08 bits per heavy atom. The first-order chi connectivity index (χ1) is 11.8. The van der Waals surface area contributed by atoms with Gasteiger partial charge in [0.1, 0.15) is 11.1 Å². The smallest absolute Gasteiger partial charge is 0.241 e. The third kappa shape index (κ3) is 3.24. The molecular weight excluding hydrogens is 324 g/mol. The lowest BCUT2D eigenvalue weighted by Gasteiger charge is -2.30. The molecule has 24 heavy (non-hydrogen) atoms. The molecule has 0 bridgehead atoms. The van der Waals surface area contributed by atoms with E-state index in [0.29, 0.717) is 24.9 Å². The van der Waals surface area contributed by atoms with E-state index in [1.54, 1.807) is 11.3 Å². The predicted molar refractivity (Wildman–Crippen MR) is 90.6 cm³/mol. The van der Waals surface area contributed by atoms with Gasteiger partial charge in [-0.25, -0.2) is 4.98 Å². The minimum Gasteiger partial charge on any atom is -0.368 e. The summed E-state index contributed by atoms with van der Waals surface area (Å²) >= 11 is 1.63. The van der Waals surface area contributed by atoms with Gasteiger partial charge in [-0.2, -0.15) is 4.98 Å². The minimum atomic E-state index is 0.0255. The quantitative estimate of drug-likeness (QED) is 0.726. The van der Waals surface area contributed by atoms with Gasteiger partial charge in [0.2, 0.25) is 11.7 Å². The van der Waals surface area contributed by atoms with Gasteiger partial charge in [-0.05, 0) is 12.5 Å². The molecule has 1 fully saturated rings. The molecule has 124 valence electrons. The van der Waals surface area contributed by atoms with Crippen LogP contribution < -0.4 is 0 Å². The van der Waals surface area contributed by atoms with Gasteiger partial charge in [-0.3, -0.25) is 4.90 Å². The Bertz CT molecular complexity index is 803. The van der Waals surface area contributed by atoms with Crippen molar-refractivity contribution < 1.29 is 9.26 Å². The van der Waals surface area contributed by atoms with Crippen LogP contribution in [0.3, 0.4) is 0 Å². The lowest BCUT2D eigenvalue weighted by atomic mass is 10.1. The number of thiazole rings is 1. The third-order valence-electron chi connectivity index (χ3n) is 4.09. The molecule has 0 spiro atoms. The maximum absolute atomic E-state index is 5.82. The van der Waals surface area contributed by atoms with Crippen molar-refractivity contribution in [1.82, 2.24) is 20.0 Å². The fourth-order valence-corrected chi connectivity index (χ4v) is 3.51. The molecule has 2 aromatic heterocycles. The van der Waals surface area contributed by atoms with Crippen LogP contribution in [-0.2, 0) is 11.3 Å². The van der Waals surface area contributed by atoms with Crippen LogP contribution in [0.25, 0.3) is 11.4 Å². The summed E-state index contributed by atoms with van der Waals surface area (Å²) in [5.74, 6) is 1.28. The summed E-state index contributed by atoms with van der Waals surface area (Å²) in [5, 5.41) is 7.12. The van der Waals surface area contributed by atoms with Crippen molar-refractivity contribution in [3.63, 3.8) is 0 Å². The van der Waals surface area contributed by atoms with Crippen LogP contribution in [0, 0.1) is 6.92 Å². The Hall–Kier alpha value is -2.09. The Morgan fingerprint density at radius 2 is 2.25 bits per heavy atom. The van der Waals surface area contributed by atoms with Crippen LogP contribution in [0.5, 0.6) is 0 Å². The van der Waals surface area contributed by atoms with Crippen LogP contribution in [0.2, 0.25) is 0 Å². The Kier molecular flexibility index (Phi) is 4.38. The predicted octanol–water partition coefficient (Wildman–Crippen LogP) is 3.08. The second kappa shape index (κ2) is 6.80. The van der Waals surface area contributed by atoms with Gasteiger partial charge < -0.3 is 9.26 Å². The van der Waals surface area contributed by atoms with Crippen LogP contribution in [0.1, 0.15) is 22.6 Å². The van der Waals surface area contributed by atoms with Crippen LogP contribution in [-0.4, -0.2) is 39.7 Å². The van der Waals surface area contributed by atoms with E-state index in [1.807, 2.05) is 42.8 Å². The van der Waals surface area contributed by atoms with E-state index in [1.165, 1.54) is 0 Å². The molecular formula is C17H18N4O2S. The van der Waals surface area contributed by atoms with E-state index in [-0.39, 0.29) is 6.10 Å². The topological polar surface area (TPSA) is 64.3 Å². The van der Waals surface area contributed by atoms with Gasteiger partial charge >= 0.3 is 0 Å². The molecule has 0 aliphatic carbocycles. The zero-order valence-electron chi connectivity index (χ0n) is 13.4. The first kappa shape index (κ1) is 15.4. The second-order valence-corrected chi connectivity index (χ2v) is 6.72. The number of benzene rings is 1. The average molecular weight is 342 g/mol. The molecule has 3 aromatic rings. The molecule has 7 heteroatoms. The molecule has 6 nitrogen and oxygen atoms in total. The second-order valence-electron chi connectivity index (χ2n) is 5.79. The molecule has 3 heterocycles. The molecule has 4 rings (SSSR count). The van der Waals surface area contributed by atoms with Gasteiger partial charge in [0.15, 0.2) is 0 Å². The standard InChI is InChI=1S/C17H18N4O2S/c1-12-4-2-3-5-13(12)16-19-15(23-20-16)11-21-7-8-22-14(10-21)17-18-6-9-24-17/h2-6,9,14H,7-8,10-11H2,1H3. The number of ether oxygens (including phenoxy) is 1. The molecule has 0 N–H and O–H groups in total. The van der Waals surface area contributed by atoms with E-state index in [0.717, 1.165) is 29.2 Å². The van der Waals surface area contributed by atoms with Crippen molar-refractivity contribution in [3.05, 3.63) is 52.3 Å². The van der Waals surface area contributed by atoms with E-state index in [9.17, 15) is 0 Å². The molecule has 0 radical (unpaired) electrons. The fraction of sp³-hybridized carbons (Fsp3) is 0.353. The largest absolute Gasteiger partial charge is 0.368 e. The number of hydrogen-bond donors (Lipinski definition) is 0. The highest BCUT2D eigenvalue weighted by Gasteiger charge is 2.25. The van der Waals surface area contributed by atoms with Gasteiger partial charge in [-0.1, -0.05) is 29.4 Å². The van der Waals surface area contributed by atoms with E-state index >= 15 is 0 Å². The monoisotopic (exact) mass is 342 g/mol. The van der Waals surface area contributed by atoms with Crippen molar-refractivity contribution in [2.75, 3.05) is 19.7 Å². The van der Waals surface area contributed by atoms with Gasteiger partial charge in [0.25, 0.3) is 0 Å². The zero-order valence-corrected chi connectivity index (χ0v) is 14.2. The Morgan fingerprint density at radius 1 is 1.33 bits per heavy atom. The lowest BCUT2D eigenvalue weighted by Crippen LogP contribution is -2.37. The van der Waals surface area contributed by atoms with Gasteiger partial charge in [0.05, 0.1) is 13.2 Å². The molecule has 1 aliphatic heterocycles. The SMILES string of the molecule is Cc1ccccc1-c1noc(CN2CCOC(c3nccs3)C2)n1. The minimum absolute atomic E-state index is 0.0255. The Labute approximate surface area is 144 Å². The molecule has 1 atom stereocenters. The van der Waals surface area contributed by atoms with Crippen molar-refractivity contribution in [3.8, 4) is 11.4 Å². The molecule has 1 saturated heterocycles. The molecule has 1 aliphatic rings. The molecule has 0 saturated carbocycles. The molecule has 1 aromatic carbocycles. The van der Waals surface area contributed by atoms with Crippen molar-refractivity contribution in [2.45, 2.75) is 19.6 Å². The summed E-state index contributed by atoms with van der Waals surface area (Å²) in [6.45, 7) is 5.00. The summed E-state index contributed by atoms with van der Waals surface area (Å²) in [5.41, 5.74) is 2.15. The number of rotatable bonds is 4. The van der Waals surface area contributed by atoms with E-state index < -0.39 is 0 Å². The number of morpholine rings is 1. The summed E-state index contributed by atoms with van der Waals surface area (Å²) in [6.07, 6.45) is 1.84.